The molecule has 2 saturated heterocycles. The maximum Gasteiger partial charge on any atom is 0.301 e. The average molecular weight is 1010 g/mol. The molecule has 2 fully saturated rings. The molecule has 4 heterocycles. The Kier molecular flexibility index (Phi) is 15.2. The third kappa shape index (κ3) is 11.6. The number of sulfonamides is 1. The van der Waals surface area contributed by atoms with E-state index in [0.717, 1.165) is 33.9 Å². The minimum Gasteiger partial charge on any atom is -0.497 e. The highest BCUT2D eigenvalue weighted by atomic mass is 35.5. The Bertz CT molecular complexity index is 2770. The number of aromatic nitrogens is 3. The quantitative estimate of drug-likeness (QED) is 0.0567. The number of pyridine rings is 1. The Morgan fingerprint density at radius 2 is 1.26 bits per heavy atom. The number of benzene rings is 4. The number of rotatable bonds is 19. The van der Waals surface area contributed by atoms with E-state index in [1.54, 1.807) is 26.4 Å². The van der Waals surface area contributed by atoms with E-state index in [9.17, 15) is 8.42 Å². The molecule has 4 atom stereocenters. The van der Waals surface area contributed by atoms with Crippen LogP contribution in [-0.4, -0.2) is 102 Å². The van der Waals surface area contributed by atoms with Crippen molar-refractivity contribution in [1.82, 2.24) is 18.8 Å². The second-order valence-electron chi connectivity index (χ2n) is 20.6. The molecular weight excluding hydrogens is 948 g/mol. The van der Waals surface area contributed by atoms with Gasteiger partial charge in [-0.2, -0.15) is 9.29 Å². The van der Waals surface area contributed by atoms with Crippen LogP contribution >= 0.6 is 11.6 Å². The smallest absolute Gasteiger partial charge is 0.301 e. The molecule has 0 amide bonds. The third-order valence-electron chi connectivity index (χ3n) is 13.4. The number of imidazole rings is 1. The topological polar surface area (TPSA) is 133 Å². The Morgan fingerprint density at radius 1 is 0.739 bits per heavy atom. The lowest BCUT2D eigenvalue weighted by Gasteiger charge is -2.39. The van der Waals surface area contributed by atoms with Gasteiger partial charge >= 0.3 is 6.01 Å². The van der Waals surface area contributed by atoms with Crippen molar-refractivity contribution in [2.45, 2.75) is 114 Å². The van der Waals surface area contributed by atoms with Crippen LogP contribution in [0.1, 0.15) is 31.9 Å². The van der Waals surface area contributed by atoms with Gasteiger partial charge in [-0.1, -0.05) is 113 Å². The second kappa shape index (κ2) is 20.6. The molecular formula is C52H65ClN4O9SSi2. The number of fused-ring (bicyclic) bond motifs is 2. The van der Waals surface area contributed by atoms with E-state index in [4.69, 9.17) is 54.4 Å². The molecule has 17 heteroatoms. The van der Waals surface area contributed by atoms with E-state index < -0.39 is 32.5 Å². The number of nitrogens with zero attached hydrogens (tertiary/aromatic N) is 4. The maximum absolute atomic E-state index is 14.3. The molecule has 2 aliphatic heterocycles. The van der Waals surface area contributed by atoms with Crippen LogP contribution in [0.3, 0.4) is 0 Å². The van der Waals surface area contributed by atoms with Gasteiger partial charge in [0.2, 0.25) is 10.0 Å². The van der Waals surface area contributed by atoms with Crippen LogP contribution in [0.5, 0.6) is 17.5 Å². The summed E-state index contributed by atoms with van der Waals surface area (Å²) in [5.41, 5.74) is 5.92. The first kappa shape index (κ1) is 50.8. The minimum absolute atomic E-state index is 0.0537. The molecule has 0 bridgehead atoms. The normalized spacial score (nSPS) is 18.8. The van der Waals surface area contributed by atoms with E-state index in [0.29, 0.717) is 59.2 Å². The number of hydrogen-bond donors (Lipinski definition) is 0. The predicted molar refractivity (Wildman–Crippen MR) is 276 cm³/mol. The van der Waals surface area contributed by atoms with Crippen LogP contribution in [0, 0.1) is 0 Å². The summed E-state index contributed by atoms with van der Waals surface area (Å²) in [5.74, 6) is 1.39. The summed E-state index contributed by atoms with van der Waals surface area (Å²) in [7, 11) is -4.12. The van der Waals surface area contributed by atoms with E-state index >= 15 is 0 Å². The van der Waals surface area contributed by atoms with Gasteiger partial charge < -0.3 is 32.8 Å². The van der Waals surface area contributed by atoms with Gasteiger partial charge in [-0.3, -0.25) is 4.57 Å². The van der Waals surface area contributed by atoms with Gasteiger partial charge in [-0.25, -0.2) is 13.4 Å². The molecule has 0 aliphatic carbocycles. The van der Waals surface area contributed by atoms with Crippen molar-refractivity contribution >= 4 is 49.2 Å². The molecule has 13 nitrogen and oxygen atoms in total. The SMILES string of the molecule is COc1ccc(CN(Cc2ccc(OC)cc2)S(=O)(=O)c2ccc(-c3ccc(-c4nc5nc(O[C@@H]6CO[C@H]7[C@@H]6OC[C@H]7O[Si](C)(C)C(C)(C)C)n(COCC[Si](C)(C)C)c5cc4Cl)cc3)cc2)cc1. The molecule has 0 N–H and O–H groups in total. The Labute approximate surface area is 414 Å². The first-order valence-electron chi connectivity index (χ1n) is 23.4. The molecule has 0 unspecified atom stereocenters. The highest BCUT2D eigenvalue weighted by Crippen LogP contribution is 2.41. The standard InChI is InChI=1S/C52H65ClN4O9SSi2/c1-52(2,3)69(9,10)66-46-33-64-48-45(32-63-49(46)48)65-51-55-50-44(57(51)34-62-27-28-68(6,7)8)29-43(53)47(54-50)39-17-15-37(16-18-39)38-19-25-42(26-20-38)67(58,59)56(30-35-11-21-40(60-4)22-12-35)31-36-13-23-41(61-5)24-14-36/h11-26,29,45-46,48-49H,27-28,30-34H2,1-10H3/t45-,46-,48-,49-/m1/s1. The van der Waals surface area contributed by atoms with Crippen molar-refractivity contribution in [3.8, 4) is 39.9 Å². The minimum atomic E-state index is -3.92. The van der Waals surface area contributed by atoms with E-state index in [1.165, 1.54) is 4.31 Å². The summed E-state index contributed by atoms with van der Waals surface area (Å²) < 4.78 is 75.0. The number of halogens is 1. The van der Waals surface area contributed by atoms with E-state index in [2.05, 4.69) is 53.5 Å². The van der Waals surface area contributed by atoms with Crippen molar-refractivity contribution in [1.29, 1.82) is 0 Å². The van der Waals surface area contributed by atoms with Gasteiger partial charge in [0.15, 0.2) is 20.1 Å². The zero-order valence-corrected chi connectivity index (χ0v) is 44.9. The van der Waals surface area contributed by atoms with Crippen LogP contribution in [0.15, 0.2) is 108 Å². The highest BCUT2D eigenvalue weighted by molar-refractivity contribution is 7.89. The maximum atomic E-state index is 14.3. The molecule has 69 heavy (non-hydrogen) atoms. The fourth-order valence-electron chi connectivity index (χ4n) is 8.16. The van der Waals surface area contributed by atoms with Gasteiger partial charge in [0, 0.05) is 33.3 Å². The van der Waals surface area contributed by atoms with Crippen molar-refractivity contribution in [3.05, 3.63) is 119 Å². The first-order chi connectivity index (χ1) is 32.7. The molecule has 0 spiro atoms. The monoisotopic (exact) mass is 1010 g/mol. The van der Waals surface area contributed by atoms with Gasteiger partial charge in [0.25, 0.3) is 0 Å². The zero-order chi connectivity index (χ0) is 49.3. The Balaban J connectivity index is 1.01. The lowest BCUT2D eigenvalue weighted by atomic mass is 10.0. The summed E-state index contributed by atoms with van der Waals surface area (Å²) in [4.78, 5) is 10.1. The fourth-order valence-corrected chi connectivity index (χ4v) is 11.9. The van der Waals surface area contributed by atoms with E-state index in [-0.39, 0.29) is 48.1 Å². The number of methoxy groups -OCH3 is 2. The van der Waals surface area contributed by atoms with Crippen molar-refractivity contribution < 1.29 is 41.3 Å². The molecule has 4 aromatic carbocycles. The molecule has 6 aromatic rings. The molecule has 2 aromatic heterocycles. The van der Waals surface area contributed by atoms with E-state index in [1.807, 2.05) is 95.6 Å². The summed E-state index contributed by atoms with van der Waals surface area (Å²) in [5, 5.41) is 0.500. The molecule has 0 saturated carbocycles. The molecule has 368 valence electrons. The summed E-state index contributed by atoms with van der Waals surface area (Å²) >= 11 is 7.05. The lowest BCUT2D eigenvalue weighted by molar-refractivity contribution is 0.00691. The predicted octanol–water partition coefficient (Wildman–Crippen LogP) is 11.1. The van der Waals surface area contributed by atoms with Gasteiger partial charge in [-0.05, 0) is 88.9 Å². The number of hydrogen-bond acceptors (Lipinski definition) is 11. The Morgan fingerprint density at radius 3 is 1.80 bits per heavy atom. The van der Waals surface area contributed by atoms with Crippen LogP contribution < -0.4 is 14.2 Å². The number of ether oxygens (including phenoxy) is 6. The highest BCUT2D eigenvalue weighted by Gasteiger charge is 2.52. The second-order valence-corrected chi connectivity index (χ2v) is 33.3. The van der Waals surface area contributed by atoms with Crippen molar-refractivity contribution in [3.63, 3.8) is 0 Å². The third-order valence-corrected chi connectivity index (χ3v) is 21.7. The zero-order valence-electron chi connectivity index (χ0n) is 41.3. The van der Waals surface area contributed by atoms with Crippen LogP contribution in [0.2, 0.25) is 48.8 Å². The average Bonchev–Trinajstić information content (AvgIpc) is 4.01. The first-order valence-corrected chi connectivity index (χ1v) is 31.9. The van der Waals surface area contributed by atoms with Gasteiger partial charge in [0.1, 0.15) is 30.4 Å². The molecule has 0 radical (unpaired) electrons. The van der Waals surface area contributed by atoms with Crippen molar-refractivity contribution in [2.24, 2.45) is 0 Å². The van der Waals surface area contributed by atoms with Gasteiger partial charge in [-0.15, -0.1) is 0 Å². The summed E-state index contributed by atoms with van der Waals surface area (Å²) in [6.07, 6.45) is -1.12. The lowest BCUT2D eigenvalue weighted by Crippen LogP contribution is -2.47. The summed E-state index contributed by atoms with van der Waals surface area (Å²) in [6.45, 7) is 20.1. The van der Waals surface area contributed by atoms with Crippen LogP contribution in [0.4, 0.5) is 0 Å². The molecule has 2 aliphatic rings. The van der Waals surface area contributed by atoms with Crippen LogP contribution in [0.25, 0.3) is 33.5 Å². The fraction of sp³-hybridized carbons (Fsp3) is 0.423. The van der Waals surface area contributed by atoms with Crippen molar-refractivity contribution in [2.75, 3.05) is 34.0 Å². The Hall–Kier alpha value is -4.63. The van der Waals surface area contributed by atoms with Gasteiger partial charge in [0.05, 0.1) is 54.7 Å². The molecule has 8 rings (SSSR count). The summed E-state index contributed by atoms with van der Waals surface area (Å²) in [6, 6.07) is 32.9. The van der Waals surface area contributed by atoms with Crippen LogP contribution in [-0.2, 0) is 48.5 Å². The largest absolute Gasteiger partial charge is 0.497 e.